The summed E-state index contributed by atoms with van der Waals surface area (Å²) in [6.45, 7) is 9.82. The maximum atomic E-state index is 14.6. The Balaban J connectivity index is 1.54. The molecule has 0 bridgehead atoms. The lowest BCUT2D eigenvalue weighted by atomic mass is 9.87. The van der Waals surface area contributed by atoms with Crippen LogP contribution in [-0.2, 0) is 27.2 Å². The molecule has 3 amide bonds. The molecule has 7 heteroatoms. The third-order valence-electron chi connectivity index (χ3n) is 8.38. The van der Waals surface area contributed by atoms with Crippen molar-refractivity contribution in [2.45, 2.75) is 77.5 Å². The summed E-state index contributed by atoms with van der Waals surface area (Å²) in [6.07, 6.45) is 1.88. The Bertz CT molecular complexity index is 1450. The maximum Gasteiger partial charge on any atom is 0.247 e. The molecule has 3 aromatic rings. The van der Waals surface area contributed by atoms with Gasteiger partial charge in [0.1, 0.15) is 23.9 Å². The monoisotopic (exact) mass is 581 g/mol. The van der Waals surface area contributed by atoms with Crippen molar-refractivity contribution < 1.29 is 19.1 Å². The highest BCUT2D eigenvalue weighted by Gasteiger charge is 2.49. The molecule has 7 nitrogen and oxygen atoms in total. The molecule has 1 heterocycles. The SMILES string of the molecule is COc1ccc(-c2ccc([C@H](C(=O)NC(C)(C)C)N3C(=O)C(C4Cc5ccccc5C4)NC(=O)[C@H]3CC(C)C)cc2)cc1. The van der Waals surface area contributed by atoms with Gasteiger partial charge in [-0.1, -0.05) is 74.5 Å². The number of rotatable bonds is 8. The second-order valence-corrected chi connectivity index (χ2v) is 13.3. The first-order valence-corrected chi connectivity index (χ1v) is 15.2. The number of methoxy groups -OCH3 is 1. The quantitative estimate of drug-likeness (QED) is 0.369. The summed E-state index contributed by atoms with van der Waals surface area (Å²) in [4.78, 5) is 44.1. The van der Waals surface area contributed by atoms with Gasteiger partial charge in [0.25, 0.3) is 0 Å². The van der Waals surface area contributed by atoms with Crippen LogP contribution in [-0.4, -0.2) is 47.4 Å². The van der Waals surface area contributed by atoms with E-state index in [2.05, 4.69) is 22.8 Å². The maximum absolute atomic E-state index is 14.6. The number of nitrogens with zero attached hydrogens (tertiary/aromatic N) is 1. The van der Waals surface area contributed by atoms with Gasteiger partial charge in [0.05, 0.1) is 7.11 Å². The summed E-state index contributed by atoms with van der Waals surface area (Å²) in [5.74, 6) is 0.156. The van der Waals surface area contributed by atoms with E-state index in [0.29, 0.717) is 24.8 Å². The summed E-state index contributed by atoms with van der Waals surface area (Å²) >= 11 is 0. The molecule has 0 radical (unpaired) electrons. The number of benzene rings is 3. The number of hydrogen-bond donors (Lipinski definition) is 2. The molecule has 1 saturated heterocycles. The standard InChI is InChI=1S/C36H43N3O4/c1-22(2)19-30-33(40)37-31(28-20-26-9-7-8-10-27(26)21-28)35(42)39(30)32(34(41)38-36(3,4)5)25-13-11-23(12-14-25)24-15-17-29(43-6)18-16-24/h7-18,22,28,30-32H,19-21H2,1-6H3,(H,37,40)(H,38,41)/t30-,31?,32-/m1/s1. The van der Waals surface area contributed by atoms with E-state index >= 15 is 0 Å². The molecule has 1 aliphatic heterocycles. The topological polar surface area (TPSA) is 87.7 Å². The molecular formula is C36H43N3O4. The van der Waals surface area contributed by atoms with Gasteiger partial charge in [-0.15, -0.1) is 0 Å². The van der Waals surface area contributed by atoms with Crippen LogP contribution >= 0.6 is 0 Å². The van der Waals surface area contributed by atoms with Crippen molar-refractivity contribution in [2.75, 3.05) is 7.11 Å². The van der Waals surface area contributed by atoms with E-state index in [1.807, 2.05) is 95.3 Å². The van der Waals surface area contributed by atoms with Gasteiger partial charge in [-0.05, 0) is 91.8 Å². The summed E-state index contributed by atoms with van der Waals surface area (Å²) in [5.41, 5.74) is 4.55. The van der Waals surface area contributed by atoms with E-state index in [4.69, 9.17) is 4.74 Å². The third-order valence-corrected chi connectivity index (χ3v) is 8.38. The Kier molecular flexibility index (Phi) is 8.63. The Hall–Kier alpha value is -4.13. The molecule has 2 N–H and O–H groups in total. The molecule has 1 unspecified atom stereocenters. The molecule has 0 saturated carbocycles. The van der Waals surface area contributed by atoms with Crippen molar-refractivity contribution in [2.24, 2.45) is 11.8 Å². The largest absolute Gasteiger partial charge is 0.497 e. The second-order valence-electron chi connectivity index (χ2n) is 13.3. The van der Waals surface area contributed by atoms with Gasteiger partial charge >= 0.3 is 0 Å². The lowest BCUT2D eigenvalue weighted by molar-refractivity contribution is -0.158. The first-order chi connectivity index (χ1) is 20.4. The summed E-state index contributed by atoms with van der Waals surface area (Å²) in [5, 5.41) is 6.19. The van der Waals surface area contributed by atoms with Gasteiger partial charge < -0.3 is 20.3 Å². The highest BCUT2D eigenvalue weighted by Crippen LogP contribution is 2.36. The smallest absolute Gasteiger partial charge is 0.247 e. The lowest BCUT2D eigenvalue weighted by Gasteiger charge is -2.45. The molecule has 5 rings (SSSR count). The van der Waals surface area contributed by atoms with Crippen LogP contribution in [0.5, 0.6) is 5.75 Å². The highest BCUT2D eigenvalue weighted by molar-refractivity contribution is 6.00. The van der Waals surface area contributed by atoms with E-state index in [9.17, 15) is 14.4 Å². The average Bonchev–Trinajstić information content (AvgIpc) is 3.40. The molecular weight excluding hydrogens is 538 g/mol. The normalized spacial score (nSPS) is 19.7. The number of hydrogen-bond acceptors (Lipinski definition) is 4. The van der Waals surface area contributed by atoms with Crippen molar-refractivity contribution in [1.82, 2.24) is 15.5 Å². The van der Waals surface area contributed by atoms with E-state index < -0.39 is 23.7 Å². The van der Waals surface area contributed by atoms with Gasteiger partial charge in [-0.25, -0.2) is 0 Å². The zero-order valence-corrected chi connectivity index (χ0v) is 26.0. The van der Waals surface area contributed by atoms with Crippen molar-refractivity contribution in [1.29, 1.82) is 0 Å². The highest BCUT2D eigenvalue weighted by atomic mass is 16.5. The minimum absolute atomic E-state index is 0.0693. The Labute approximate surface area is 255 Å². The van der Waals surface area contributed by atoms with Crippen LogP contribution in [0.4, 0.5) is 0 Å². The fourth-order valence-corrected chi connectivity index (χ4v) is 6.39. The van der Waals surface area contributed by atoms with Crippen LogP contribution in [0.25, 0.3) is 11.1 Å². The molecule has 0 spiro atoms. The summed E-state index contributed by atoms with van der Waals surface area (Å²) in [7, 11) is 1.64. The summed E-state index contributed by atoms with van der Waals surface area (Å²) in [6, 6.07) is 21.3. The number of nitrogens with one attached hydrogen (secondary N) is 2. The lowest BCUT2D eigenvalue weighted by Crippen LogP contribution is -2.67. The first-order valence-electron chi connectivity index (χ1n) is 15.2. The molecule has 1 fully saturated rings. The minimum Gasteiger partial charge on any atom is -0.497 e. The van der Waals surface area contributed by atoms with E-state index in [1.165, 1.54) is 11.1 Å². The molecule has 0 aromatic heterocycles. The Morgan fingerprint density at radius 2 is 1.49 bits per heavy atom. The second kappa shape index (κ2) is 12.2. The van der Waals surface area contributed by atoms with Crippen LogP contribution in [0.2, 0.25) is 0 Å². The molecule has 3 atom stereocenters. The van der Waals surface area contributed by atoms with Crippen LogP contribution in [0.15, 0.2) is 72.8 Å². The van der Waals surface area contributed by atoms with Crippen LogP contribution in [0.3, 0.4) is 0 Å². The van der Waals surface area contributed by atoms with Crippen molar-refractivity contribution in [3.05, 3.63) is 89.5 Å². The fraction of sp³-hybridized carbons (Fsp3) is 0.417. The molecule has 226 valence electrons. The predicted octanol–water partition coefficient (Wildman–Crippen LogP) is 5.47. The third kappa shape index (κ3) is 6.61. The number of fused-ring (bicyclic) bond motifs is 1. The summed E-state index contributed by atoms with van der Waals surface area (Å²) < 4.78 is 5.29. The van der Waals surface area contributed by atoms with Gasteiger partial charge in [-0.2, -0.15) is 0 Å². The molecule has 2 aliphatic rings. The zero-order chi connectivity index (χ0) is 30.9. The van der Waals surface area contributed by atoms with Gasteiger partial charge in [0.15, 0.2) is 0 Å². The van der Waals surface area contributed by atoms with Gasteiger partial charge in [0, 0.05) is 5.54 Å². The fourth-order valence-electron chi connectivity index (χ4n) is 6.39. The van der Waals surface area contributed by atoms with Crippen LogP contribution in [0, 0.1) is 11.8 Å². The Morgan fingerprint density at radius 1 is 0.930 bits per heavy atom. The number of piperazine rings is 1. The van der Waals surface area contributed by atoms with E-state index in [0.717, 1.165) is 16.9 Å². The predicted molar refractivity (Wildman–Crippen MR) is 168 cm³/mol. The van der Waals surface area contributed by atoms with E-state index in [1.54, 1.807) is 12.0 Å². The van der Waals surface area contributed by atoms with E-state index in [-0.39, 0.29) is 29.6 Å². The zero-order valence-electron chi connectivity index (χ0n) is 26.0. The van der Waals surface area contributed by atoms with Crippen LogP contribution < -0.4 is 15.4 Å². The number of amides is 3. The number of ether oxygens (including phenoxy) is 1. The van der Waals surface area contributed by atoms with Crippen molar-refractivity contribution in [3.8, 4) is 16.9 Å². The van der Waals surface area contributed by atoms with Gasteiger partial charge in [-0.3, -0.25) is 14.4 Å². The molecule has 3 aromatic carbocycles. The number of carbonyl (C=O) groups is 3. The average molecular weight is 582 g/mol. The Morgan fingerprint density at radius 3 is 2.00 bits per heavy atom. The first kappa shape index (κ1) is 30.3. The van der Waals surface area contributed by atoms with Crippen molar-refractivity contribution >= 4 is 17.7 Å². The number of carbonyl (C=O) groups excluding carboxylic acids is 3. The molecule has 1 aliphatic carbocycles. The molecule has 43 heavy (non-hydrogen) atoms. The van der Waals surface area contributed by atoms with Crippen LogP contribution in [0.1, 0.15) is 63.8 Å². The minimum atomic E-state index is -0.960. The van der Waals surface area contributed by atoms with Gasteiger partial charge in [0.2, 0.25) is 17.7 Å². The van der Waals surface area contributed by atoms with Crippen molar-refractivity contribution in [3.63, 3.8) is 0 Å².